The van der Waals surface area contributed by atoms with Crippen molar-refractivity contribution in [1.29, 1.82) is 0 Å². The summed E-state index contributed by atoms with van der Waals surface area (Å²) in [7, 11) is 0. The van der Waals surface area contributed by atoms with Crippen molar-refractivity contribution in [3.63, 3.8) is 0 Å². The summed E-state index contributed by atoms with van der Waals surface area (Å²) in [4.78, 5) is 23.1. The average molecular weight is 329 g/mol. The van der Waals surface area contributed by atoms with Gasteiger partial charge in [0.1, 0.15) is 5.60 Å². The summed E-state index contributed by atoms with van der Waals surface area (Å²) in [5.41, 5.74) is -0.482. The van der Waals surface area contributed by atoms with Crippen LogP contribution in [0, 0.1) is 17.8 Å². The third-order valence-electron chi connectivity index (χ3n) is 3.38. The summed E-state index contributed by atoms with van der Waals surface area (Å²) in [5, 5.41) is 9.02. The van der Waals surface area contributed by atoms with Crippen LogP contribution >= 0.6 is 0 Å². The van der Waals surface area contributed by atoms with Crippen LogP contribution in [0.1, 0.15) is 48.5 Å². The van der Waals surface area contributed by atoms with Gasteiger partial charge in [0, 0.05) is 25.6 Å². The van der Waals surface area contributed by atoms with Crippen molar-refractivity contribution in [3.05, 3.63) is 0 Å². The van der Waals surface area contributed by atoms with E-state index < -0.39 is 5.60 Å². The normalized spacial score (nSPS) is 13.1. The van der Waals surface area contributed by atoms with Gasteiger partial charge in [-0.1, -0.05) is 27.7 Å². The molecule has 0 bridgehead atoms. The van der Waals surface area contributed by atoms with Gasteiger partial charge in [-0.3, -0.25) is 4.79 Å². The van der Waals surface area contributed by atoms with Gasteiger partial charge in [-0.25, -0.2) is 4.79 Å². The lowest BCUT2D eigenvalue weighted by Gasteiger charge is -2.24. The first-order valence-corrected chi connectivity index (χ1v) is 8.48. The van der Waals surface area contributed by atoms with Crippen molar-refractivity contribution >= 4 is 12.0 Å². The van der Waals surface area contributed by atoms with Crippen LogP contribution in [0.15, 0.2) is 0 Å². The fraction of sp³-hybridized carbons (Fsp3) is 0.882. The summed E-state index contributed by atoms with van der Waals surface area (Å²) < 4.78 is 5.24. The van der Waals surface area contributed by atoms with Gasteiger partial charge >= 0.3 is 6.09 Å². The summed E-state index contributed by atoms with van der Waals surface area (Å²) in [5.74, 6) is 0.821. The van der Waals surface area contributed by atoms with Gasteiger partial charge in [0.15, 0.2) is 0 Å². The molecule has 2 amide bonds. The molecule has 136 valence electrons. The number of alkyl carbamates (subject to hydrolysis) is 1. The summed E-state index contributed by atoms with van der Waals surface area (Å²) in [6.45, 7) is 16.2. The molecule has 0 aromatic rings. The molecule has 1 unspecified atom stereocenters. The molecule has 23 heavy (non-hydrogen) atoms. The molecule has 0 aliphatic carbocycles. The summed E-state index contributed by atoms with van der Waals surface area (Å²) in [6.07, 6.45) is -0.382. The molecule has 0 saturated carbocycles. The van der Waals surface area contributed by atoms with Gasteiger partial charge in [-0.2, -0.15) is 0 Å². The molecule has 6 nitrogen and oxygen atoms in total. The largest absolute Gasteiger partial charge is 0.444 e. The molecule has 0 aromatic heterocycles. The van der Waals surface area contributed by atoms with Crippen LogP contribution < -0.4 is 16.0 Å². The lowest BCUT2D eigenvalue weighted by atomic mass is 9.96. The van der Waals surface area contributed by atoms with Crippen molar-refractivity contribution in [1.82, 2.24) is 16.0 Å². The molecule has 0 saturated heterocycles. The molecule has 0 aliphatic heterocycles. The fourth-order valence-corrected chi connectivity index (χ4v) is 1.84. The van der Waals surface area contributed by atoms with Crippen molar-refractivity contribution in [2.45, 2.75) is 54.1 Å². The predicted octanol–water partition coefficient (Wildman–Crippen LogP) is 2.15. The number of hydrogen-bond acceptors (Lipinski definition) is 4. The molecule has 0 aromatic carbocycles. The van der Waals surface area contributed by atoms with Gasteiger partial charge in [-0.15, -0.1) is 0 Å². The third-order valence-corrected chi connectivity index (χ3v) is 3.38. The van der Waals surface area contributed by atoms with E-state index in [4.69, 9.17) is 4.74 Å². The number of hydrogen-bond donors (Lipinski definition) is 3. The van der Waals surface area contributed by atoms with E-state index in [9.17, 15) is 9.59 Å². The Bertz CT molecular complexity index is 363. The number of ether oxygens (including phenoxy) is 1. The minimum Gasteiger partial charge on any atom is -0.444 e. The molecular weight excluding hydrogens is 294 g/mol. The molecule has 6 heteroatoms. The van der Waals surface area contributed by atoms with E-state index in [1.807, 2.05) is 34.6 Å². The van der Waals surface area contributed by atoms with E-state index in [0.717, 1.165) is 6.54 Å². The number of carbonyl (C=O) groups is 2. The quantitative estimate of drug-likeness (QED) is 0.566. The van der Waals surface area contributed by atoms with Crippen molar-refractivity contribution in [2.75, 3.05) is 26.2 Å². The Kier molecular flexibility index (Phi) is 9.88. The lowest BCUT2D eigenvalue weighted by Crippen LogP contribution is -2.41. The zero-order chi connectivity index (χ0) is 18.0. The molecule has 0 heterocycles. The van der Waals surface area contributed by atoms with Gasteiger partial charge in [-0.05, 0) is 39.2 Å². The van der Waals surface area contributed by atoms with E-state index in [0.29, 0.717) is 31.5 Å². The maximum atomic E-state index is 11.7. The Morgan fingerprint density at radius 2 is 1.57 bits per heavy atom. The molecule has 0 rings (SSSR count). The maximum Gasteiger partial charge on any atom is 0.407 e. The fourth-order valence-electron chi connectivity index (χ4n) is 1.84. The van der Waals surface area contributed by atoms with Crippen LogP contribution in [0.2, 0.25) is 0 Å². The SMILES string of the molecule is CC(C)C(=O)NCCNCC(CNC(=O)OC(C)(C)C)C(C)C. The van der Waals surface area contributed by atoms with Gasteiger partial charge < -0.3 is 20.7 Å². The minimum atomic E-state index is -0.482. The van der Waals surface area contributed by atoms with E-state index in [2.05, 4.69) is 29.8 Å². The van der Waals surface area contributed by atoms with Crippen molar-refractivity contribution in [2.24, 2.45) is 17.8 Å². The zero-order valence-corrected chi connectivity index (χ0v) is 15.8. The van der Waals surface area contributed by atoms with Crippen LogP contribution in [0.5, 0.6) is 0 Å². The topological polar surface area (TPSA) is 79.5 Å². The third kappa shape index (κ3) is 11.9. The molecule has 1 atom stereocenters. The van der Waals surface area contributed by atoms with Gasteiger partial charge in [0.05, 0.1) is 0 Å². The molecule has 3 N–H and O–H groups in total. The molecule has 0 fully saturated rings. The second-order valence-corrected chi connectivity index (χ2v) is 7.54. The first-order valence-electron chi connectivity index (χ1n) is 8.48. The molecule has 0 radical (unpaired) electrons. The van der Waals surface area contributed by atoms with Crippen molar-refractivity contribution < 1.29 is 14.3 Å². The Morgan fingerprint density at radius 1 is 0.957 bits per heavy atom. The Hall–Kier alpha value is -1.30. The van der Waals surface area contributed by atoms with E-state index in [1.165, 1.54) is 0 Å². The Labute approximate surface area is 141 Å². The van der Waals surface area contributed by atoms with E-state index >= 15 is 0 Å². The molecule has 0 spiro atoms. The van der Waals surface area contributed by atoms with E-state index in [1.54, 1.807) is 0 Å². The van der Waals surface area contributed by atoms with Crippen LogP contribution in [-0.4, -0.2) is 43.8 Å². The number of rotatable bonds is 9. The Morgan fingerprint density at radius 3 is 2.04 bits per heavy atom. The highest BCUT2D eigenvalue weighted by molar-refractivity contribution is 5.77. The molecule has 0 aliphatic rings. The predicted molar refractivity (Wildman–Crippen MR) is 93.3 cm³/mol. The first kappa shape index (κ1) is 21.7. The average Bonchev–Trinajstić information content (AvgIpc) is 2.38. The van der Waals surface area contributed by atoms with Crippen molar-refractivity contribution in [3.8, 4) is 0 Å². The number of nitrogens with one attached hydrogen (secondary N) is 3. The second-order valence-electron chi connectivity index (χ2n) is 7.54. The lowest BCUT2D eigenvalue weighted by molar-refractivity contribution is -0.123. The highest BCUT2D eigenvalue weighted by atomic mass is 16.6. The number of amides is 2. The van der Waals surface area contributed by atoms with Crippen LogP contribution in [0.25, 0.3) is 0 Å². The highest BCUT2D eigenvalue weighted by Crippen LogP contribution is 2.10. The summed E-state index contributed by atoms with van der Waals surface area (Å²) in [6, 6.07) is 0. The Balaban J connectivity index is 4.00. The summed E-state index contributed by atoms with van der Waals surface area (Å²) >= 11 is 0. The maximum absolute atomic E-state index is 11.7. The minimum absolute atomic E-state index is 0.0106. The monoisotopic (exact) mass is 329 g/mol. The smallest absolute Gasteiger partial charge is 0.407 e. The number of carbonyl (C=O) groups excluding carboxylic acids is 2. The van der Waals surface area contributed by atoms with Gasteiger partial charge in [0.25, 0.3) is 0 Å². The van der Waals surface area contributed by atoms with Crippen LogP contribution in [-0.2, 0) is 9.53 Å². The van der Waals surface area contributed by atoms with E-state index in [-0.39, 0.29) is 17.9 Å². The highest BCUT2D eigenvalue weighted by Gasteiger charge is 2.18. The zero-order valence-electron chi connectivity index (χ0n) is 15.8. The van der Waals surface area contributed by atoms with Gasteiger partial charge in [0.2, 0.25) is 5.91 Å². The standard InChI is InChI=1S/C17H35N3O3/c1-12(2)14(11-20-16(22)23-17(5,6)7)10-18-8-9-19-15(21)13(3)4/h12-14,18H,8-11H2,1-7H3,(H,19,21)(H,20,22). The van der Waals surface area contributed by atoms with Crippen LogP contribution in [0.3, 0.4) is 0 Å². The molecular formula is C17H35N3O3. The second kappa shape index (κ2) is 10.5. The first-order chi connectivity index (χ1) is 10.5. The van der Waals surface area contributed by atoms with Crippen LogP contribution in [0.4, 0.5) is 4.79 Å².